The molecule has 0 aliphatic carbocycles. The molecule has 0 amide bonds. The maximum atomic E-state index is 11.6. The van der Waals surface area contributed by atoms with Gasteiger partial charge in [-0.15, -0.1) is 0 Å². The van der Waals surface area contributed by atoms with E-state index in [9.17, 15) is 9.59 Å². The molecular weight excluding hydrogens is 288 g/mol. The molecule has 0 unspecified atom stereocenters. The Morgan fingerprint density at radius 3 is 2.22 bits per heavy atom. The summed E-state index contributed by atoms with van der Waals surface area (Å²) in [6, 6.07) is 0. The number of unbranched alkanes of at least 4 members (excludes halogenated alkanes) is 2. The Morgan fingerprint density at radius 1 is 0.870 bits per heavy atom. The molecule has 132 valence electrons. The number of hydrogen-bond acceptors (Lipinski definition) is 3. The van der Waals surface area contributed by atoms with E-state index in [1.54, 1.807) is 0 Å². The van der Waals surface area contributed by atoms with Crippen molar-refractivity contribution in [1.82, 2.24) is 0 Å². The number of ketones is 1. The summed E-state index contributed by atoms with van der Waals surface area (Å²) in [6.07, 6.45) is 11.5. The van der Waals surface area contributed by atoms with Gasteiger partial charge in [0.2, 0.25) is 0 Å². The van der Waals surface area contributed by atoms with Crippen molar-refractivity contribution in [2.24, 2.45) is 0 Å². The Balaban J connectivity index is 3.70. The van der Waals surface area contributed by atoms with Crippen molar-refractivity contribution < 1.29 is 14.3 Å². The quantitative estimate of drug-likeness (QED) is 0.254. The lowest BCUT2D eigenvalue weighted by atomic mass is 10.1. The van der Waals surface area contributed by atoms with Gasteiger partial charge in [-0.2, -0.15) is 0 Å². The molecule has 0 rings (SSSR count). The van der Waals surface area contributed by atoms with E-state index in [1.807, 2.05) is 6.08 Å². The predicted molar refractivity (Wildman–Crippen MR) is 96.4 cm³/mol. The molecule has 0 saturated heterocycles. The summed E-state index contributed by atoms with van der Waals surface area (Å²) >= 11 is 0. The number of allylic oxidation sites excluding steroid dienone is 3. The van der Waals surface area contributed by atoms with Crippen LogP contribution in [-0.2, 0) is 14.3 Å². The largest absolute Gasteiger partial charge is 0.461 e. The molecule has 0 fully saturated rings. The molecule has 0 radical (unpaired) electrons. The second-order valence-electron chi connectivity index (χ2n) is 6.40. The molecule has 0 aliphatic rings. The third kappa shape index (κ3) is 15.3. The van der Waals surface area contributed by atoms with E-state index < -0.39 is 0 Å². The Morgan fingerprint density at radius 2 is 1.57 bits per heavy atom. The van der Waals surface area contributed by atoms with Crippen LogP contribution in [0.4, 0.5) is 0 Å². The molecule has 0 saturated carbocycles. The van der Waals surface area contributed by atoms with Crippen LogP contribution in [0.15, 0.2) is 23.3 Å². The molecule has 3 heteroatoms. The van der Waals surface area contributed by atoms with E-state index in [0.717, 1.165) is 32.1 Å². The highest BCUT2D eigenvalue weighted by molar-refractivity contribution is 5.79. The minimum Gasteiger partial charge on any atom is -0.461 e. The van der Waals surface area contributed by atoms with Crippen LogP contribution in [0.5, 0.6) is 0 Å². The molecule has 0 atom stereocenters. The third-order valence-electron chi connectivity index (χ3n) is 3.66. The smallest absolute Gasteiger partial charge is 0.306 e. The number of hydrogen-bond donors (Lipinski definition) is 0. The standard InChI is InChI=1S/C20H34O3/c1-5-6-7-12-19(21)13-9-14-20(22)23-16-15-18(4)11-8-10-17(2)3/h10,15H,5-9,11-14,16H2,1-4H3/b18-15+. The first-order valence-electron chi connectivity index (χ1n) is 8.92. The number of esters is 1. The second kappa shape index (κ2) is 14.2. The van der Waals surface area contributed by atoms with Gasteiger partial charge in [-0.25, -0.2) is 0 Å². The minimum absolute atomic E-state index is 0.209. The second-order valence-corrected chi connectivity index (χ2v) is 6.40. The van der Waals surface area contributed by atoms with Gasteiger partial charge in [-0.05, 0) is 52.5 Å². The lowest BCUT2D eigenvalue weighted by Gasteiger charge is -2.04. The zero-order chi connectivity index (χ0) is 17.5. The highest BCUT2D eigenvalue weighted by Gasteiger charge is 2.06. The fourth-order valence-electron chi connectivity index (χ4n) is 2.17. The predicted octanol–water partition coefficient (Wildman–Crippen LogP) is 5.54. The van der Waals surface area contributed by atoms with E-state index >= 15 is 0 Å². The maximum Gasteiger partial charge on any atom is 0.306 e. The van der Waals surface area contributed by atoms with Gasteiger partial charge in [0.25, 0.3) is 0 Å². The van der Waals surface area contributed by atoms with E-state index in [0.29, 0.717) is 32.3 Å². The van der Waals surface area contributed by atoms with Crippen molar-refractivity contribution in [3.8, 4) is 0 Å². The normalized spacial score (nSPS) is 11.2. The molecule has 3 nitrogen and oxygen atoms in total. The number of ether oxygens (including phenoxy) is 1. The van der Waals surface area contributed by atoms with Crippen LogP contribution in [0.1, 0.15) is 85.5 Å². The van der Waals surface area contributed by atoms with E-state index in [2.05, 4.69) is 33.8 Å². The monoisotopic (exact) mass is 322 g/mol. The summed E-state index contributed by atoms with van der Waals surface area (Å²) in [5.74, 6) is 0.0565. The first-order valence-corrected chi connectivity index (χ1v) is 8.92. The first-order chi connectivity index (χ1) is 11.0. The van der Waals surface area contributed by atoms with Crippen LogP contribution < -0.4 is 0 Å². The van der Waals surface area contributed by atoms with Crippen LogP contribution >= 0.6 is 0 Å². The highest BCUT2D eigenvalue weighted by atomic mass is 16.5. The van der Waals surface area contributed by atoms with Crippen molar-refractivity contribution in [2.75, 3.05) is 6.61 Å². The molecule has 0 heterocycles. The molecule has 0 aliphatic heterocycles. The Labute approximate surface area is 142 Å². The first kappa shape index (κ1) is 21.6. The molecule has 0 aromatic rings. The molecule has 0 N–H and O–H groups in total. The van der Waals surface area contributed by atoms with Crippen LogP contribution in [0.3, 0.4) is 0 Å². The Kier molecular flexibility index (Phi) is 13.4. The summed E-state index contributed by atoms with van der Waals surface area (Å²) in [7, 11) is 0. The highest BCUT2D eigenvalue weighted by Crippen LogP contribution is 2.08. The van der Waals surface area contributed by atoms with Crippen molar-refractivity contribution in [1.29, 1.82) is 0 Å². The van der Waals surface area contributed by atoms with Gasteiger partial charge in [0, 0.05) is 19.3 Å². The van der Waals surface area contributed by atoms with Gasteiger partial charge >= 0.3 is 5.97 Å². The summed E-state index contributed by atoms with van der Waals surface area (Å²) in [5, 5.41) is 0. The van der Waals surface area contributed by atoms with Gasteiger partial charge in [-0.1, -0.05) is 37.0 Å². The number of carbonyl (C=O) groups is 2. The molecule has 23 heavy (non-hydrogen) atoms. The Bertz CT molecular complexity index is 401. The van der Waals surface area contributed by atoms with Crippen LogP contribution in [0.2, 0.25) is 0 Å². The van der Waals surface area contributed by atoms with Gasteiger partial charge in [0.15, 0.2) is 0 Å². The molecule has 0 spiro atoms. The van der Waals surface area contributed by atoms with Crippen LogP contribution in [-0.4, -0.2) is 18.4 Å². The van der Waals surface area contributed by atoms with E-state index in [4.69, 9.17) is 4.74 Å². The average Bonchev–Trinajstić information content (AvgIpc) is 2.47. The summed E-state index contributed by atoms with van der Waals surface area (Å²) in [5.41, 5.74) is 2.56. The van der Waals surface area contributed by atoms with Gasteiger partial charge < -0.3 is 4.74 Å². The lowest BCUT2D eigenvalue weighted by Crippen LogP contribution is -2.06. The lowest BCUT2D eigenvalue weighted by molar-refractivity contribution is -0.142. The molecule has 0 aromatic carbocycles. The van der Waals surface area contributed by atoms with Crippen molar-refractivity contribution in [2.45, 2.75) is 85.5 Å². The van der Waals surface area contributed by atoms with Gasteiger partial charge in [0.1, 0.15) is 12.4 Å². The van der Waals surface area contributed by atoms with Gasteiger partial charge in [-0.3, -0.25) is 9.59 Å². The summed E-state index contributed by atoms with van der Waals surface area (Å²) < 4.78 is 5.18. The zero-order valence-electron chi connectivity index (χ0n) is 15.5. The maximum absolute atomic E-state index is 11.6. The average molecular weight is 322 g/mol. The summed E-state index contributed by atoms with van der Waals surface area (Å²) in [6.45, 7) is 8.70. The van der Waals surface area contributed by atoms with Crippen LogP contribution in [0.25, 0.3) is 0 Å². The SMILES string of the molecule is CCCCCC(=O)CCCC(=O)OC/C=C(\C)CCC=C(C)C. The summed E-state index contributed by atoms with van der Waals surface area (Å²) in [4.78, 5) is 23.2. The number of carbonyl (C=O) groups excluding carboxylic acids is 2. The molecular formula is C20H34O3. The van der Waals surface area contributed by atoms with Crippen molar-refractivity contribution >= 4 is 11.8 Å². The number of Topliss-reactive ketones (excluding diaryl/α,β-unsaturated/α-hetero) is 1. The molecule has 0 bridgehead atoms. The van der Waals surface area contributed by atoms with E-state index in [1.165, 1.54) is 11.1 Å². The van der Waals surface area contributed by atoms with Gasteiger partial charge in [0.05, 0.1) is 0 Å². The minimum atomic E-state index is -0.209. The Hall–Kier alpha value is -1.38. The topological polar surface area (TPSA) is 43.4 Å². The van der Waals surface area contributed by atoms with Crippen LogP contribution in [0, 0.1) is 0 Å². The van der Waals surface area contributed by atoms with E-state index in [-0.39, 0.29) is 11.8 Å². The molecule has 0 aromatic heterocycles. The van der Waals surface area contributed by atoms with Crippen molar-refractivity contribution in [3.63, 3.8) is 0 Å². The zero-order valence-corrected chi connectivity index (χ0v) is 15.5. The van der Waals surface area contributed by atoms with Crippen molar-refractivity contribution in [3.05, 3.63) is 23.3 Å². The third-order valence-corrected chi connectivity index (χ3v) is 3.66. The fourth-order valence-corrected chi connectivity index (χ4v) is 2.17. The fraction of sp³-hybridized carbons (Fsp3) is 0.700. The number of rotatable bonds is 13.